The van der Waals surface area contributed by atoms with Gasteiger partial charge in [0.2, 0.25) is 5.91 Å². The number of phenolic OH excluding ortho intramolecular Hbond substituents is 1. The fraction of sp³-hybridized carbons (Fsp3) is 0.385. The predicted molar refractivity (Wildman–Crippen MR) is 347 cm³/mol. The zero-order chi connectivity index (χ0) is 65.9. The third-order valence-corrected chi connectivity index (χ3v) is 17.7. The molecule has 26 heteroatoms. The number of carbonyl (C=O) groups excluding carboxylic acids is 2. The molecular formula is C65H76N10O14S2. The van der Waals surface area contributed by atoms with Gasteiger partial charge in [0.25, 0.3) is 42.9 Å². The first kappa shape index (κ1) is 69.0. The number of nitriles is 1. The van der Waals surface area contributed by atoms with Crippen LogP contribution in [-0.4, -0.2) is 54.9 Å². The van der Waals surface area contributed by atoms with Crippen molar-refractivity contribution in [3.05, 3.63) is 162 Å². The Kier molecular flexibility index (Phi) is 24.1. The Bertz CT molecular complexity index is 4130. The maximum absolute atomic E-state index is 14.2. The van der Waals surface area contributed by atoms with Gasteiger partial charge in [0.15, 0.2) is 11.4 Å². The van der Waals surface area contributed by atoms with E-state index in [9.17, 15) is 61.8 Å². The lowest BCUT2D eigenvalue weighted by Gasteiger charge is -2.16. The summed E-state index contributed by atoms with van der Waals surface area (Å²) in [6.07, 6.45) is 19.6. The van der Waals surface area contributed by atoms with E-state index in [-0.39, 0.29) is 91.8 Å². The van der Waals surface area contributed by atoms with Gasteiger partial charge in [-0.05, 0) is 79.2 Å². The number of anilines is 3. The third kappa shape index (κ3) is 18.6. The SMILES string of the molecule is CCCCCCCCCCCCCCCCCCNC(=O)c1ccc(-n2oc(C(C)(C)C)c(COc3ccc(NS(=O)(=O)c4cccc(S(=O)(=O)Nc5cccc6c(O)c(NC(=O)CC)cc(N=Nc7ccc([N+](=O)[O-])cc7C#N)c56)c4)cc3)c2=O)c([N+](=O)[O-])c1. The molecule has 1 aromatic heterocycles. The van der Waals surface area contributed by atoms with Gasteiger partial charge in [0, 0.05) is 58.6 Å². The van der Waals surface area contributed by atoms with Gasteiger partial charge in [-0.2, -0.15) is 5.26 Å². The molecule has 7 rings (SSSR count). The van der Waals surface area contributed by atoms with Gasteiger partial charge >= 0.3 is 0 Å². The number of nitrogens with zero attached hydrogens (tertiary/aromatic N) is 6. The van der Waals surface area contributed by atoms with Gasteiger partial charge in [-0.25, -0.2) is 16.8 Å². The van der Waals surface area contributed by atoms with Crippen molar-refractivity contribution in [2.45, 2.75) is 166 Å². The summed E-state index contributed by atoms with van der Waals surface area (Å²) in [6.45, 7) is 9.19. The molecule has 0 bridgehead atoms. The molecule has 0 radical (unpaired) electrons. The summed E-state index contributed by atoms with van der Waals surface area (Å²) >= 11 is 0. The number of azo groups is 1. The van der Waals surface area contributed by atoms with E-state index < -0.39 is 73.9 Å². The minimum atomic E-state index is -4.67. The average molecular weight is 1290 g/mol. The molecule has 0 aliphatic carbocycles. The largest absolute Gasteiger partial charge is 0.505 e. The molecule has 0 saturated heterocycles. The van der Waals surface area contributed by atoms with E-state index in [4.69, 9.17) is 9.26 Å². The van der Waals surface area contributed by atoms with Gasteiger partial charge in [-0.3, -0.25) is 44.1 Å². The van der Waals surface area contributed by atoms with Crippen LogP contribution in [0.2, 0.25) is 0 Å². The normalized spacial score (nSPS) is 11.8. The average Bonchev–Trinajstić information content (AvgIpc) is 1.76. The quantitative estimate of drug-likeness (QED) is 0.00823. The minimum Gasteiger partial charge on any atom is -0.505 e. The lowest BCUT2D eigenvalue weighted by Crippen LogP contribution is -2.25. The second-order valence-corrected chi connectivity index (χ2v) is 26.3. The number of benzene rings is 6. The monoisotopic (exact) mass is 1280 g/mol. The van der Waals surface area contributed by atoms with Crippen LogP contribution in [0.15, 0.2) is 139 Å². The van der Waals surface area contributed by atoms with Crippen LogP contribution in [0.4, 0.5) is 39.8 Å². The van der Waals surface area contributed by atoms with Crippen molar-refractivity contribution in [3.8, 4) is 23.3 Å². The summed E-state index contributed by atoms with van der Waals surface area (Å²) in [5.74, 6) is -1.09. The molecule has 1 heterocycles. The van der Waals surface area contributed by atoms with E-state index in [0.29, 0.717) is 6.54 Å². The lowest BCUT2D eigenvalue weighted by atomic mass is 9.91. The Hall–Kier alpha value is -9.48. The molecule has 0 fully saturated rings. The molecule has 6 aromatic carbocycles. The Morgan fingerprint density at radius 3 is 1.88 bits per heavy atom. The van der Waals surface area contributed by atoms with Gasteiger partial charge in [0.1, 0.15) is 29.9 Å². The van der Waals surface area contributed by atoms with Gasteiger partial charge in [-0.15, -0.1) is 15.0 Å². The summed E-state index contributed by atoms with van der Waals surface area (Å²) in [5, 5.41) is 58.6. The molecule has 0 saturated carbocycles. The fourth-order valence-corrected chi connectivity index (χ4v) is 12.4. The molecule has 5 N–H and O–H groups in total. The Morgan fingerprint density at radius 1 is 0.703 bits per heavy atom. The lowest BCUT2D eigenvalue weighted by molar-refractivity contribution is -0.385. The first-order valence-corrected chi connectivity index (χ1v) is 33.3. The molecule has 0 aliphatic heterocycles. The fourth-order valence-electron chi connectivity index (χ4n) is 10.1. The summed E-state index contributed by atoms with van der Waals surface area (Å²) in [7, 11) is -9.16. The summed E-state index contributed by atoms with van der Waals surface area (Å²) in [5.41, 5.74) is -3.26. The van der Waals surface area contributed by atoms with Crippen molar-refractivity contribution < 1.29 is 50.6 Å². The number of carbonyl (C=O) groups is 2. The molecule has 7 aromatic rings. The van der Waals surface area contributed by atoms with E-state index >= 15 is 0 Å². The maximum Gasteiger partial charge on any atom is 0.297 e. The number of phenols is 1. The number of non-ortho nitro benzene ring substituents is 1. The van der Waals surface area contributed by atoms with E-state index in [1.165, 1.54) is 156 Å². The molecule has 0 aliphatic rings. The van der Waals surface area contributed by atoms with Gasteiger partial charge in [-0.1, -0.05) is 149 Å². The number of hydrogen-bond acceptors (Lipinski definition) is 17. The Labute approximate surface area is 528 Å². The highest BCUT2D eigenvalue weighted by Gasteiger charge is 2.32. The minimum absolute atomic E-state index is 0.00681. The van der Waals surface area contributed by atoms with Crippen molar-refractivity contribution in [3.63, 3.8) is 0 Å². The number of rotatable bonds is 34. The predicted octanol–water partition coefficient (Wildman–Crippen LogP) is 15.2. The Balaban J connectivity index is 0.985. The zero-order valence-corrected chi connectivity index (χ0v) is 53.2. The summed E-state index contributed by atoms with van der Waals surface area (Å²) < 4.78 is 73.7. The zero-order valence-electron chi connectivity index (χ0n) is 51.6. The van der Waals surface area contributed by atoms with Crippen molar-refractivity contribution in [2.24, 2.45) is 10.2 Å². The third-order valence-electron chi connectivity index (χ3n) is 15.0. The molecular weight excluding hydrogens is 1210 g/mol. The number of aromatic nitrogens is 1. The molecule has 0 atom stereocenters. The highest BCUT2D eigenvalue weighted by atomic mass is 32.2. The topological polar surface area (TPSA) is 350 Å². The molecule has 2 amide bonds. The number of unbranched alkanes of at least 4 members (excludes halogenated alkanes) is 15. The number of amides is 2. The molecule has 0 unspecified atom stereocenters. The first-order chi connectivity index (χ1) is 43.5. The van der Waals surface area contributed by atoms with Crippen LogP contribution in [0.5, 0.6) is 11.5 Å². The molecule has 24 nitrogen and oxygen atoms in total. The number of aromatic hydroxyl groups is 1. The van der Waals surface area contributed by atoms with Crippen molar-refractivity contribution in [1.29, 1.82) is 5.26 Å². The van der Waals surface area contributed by atoms with E-state index in [1.807, 2.05) is 6.07 Å². The highest BCUT2D eigenvalue weighted by Crippen LogP contribution is 2.44. The van der Waals surface area contributed by atoms with Crippen LogP contribution in [0.3, 0.4) is 0 Å². The van der Waals surface area contributed by atoms with E-state index in [0.717, 1.165) is 60.8 Å². The van der Waals surface area contributed by atoms with Gasteiger partial charge < -0.3 is 25.0 Å². The van der Waals surface area contributed by atoms with Crippen molar-refractivity contribution in [2.75, 3.05) is 21.3 Å². The van der Waals surface area contributed by atoms with Crippen LogP contribution in [0, 0.1) is 31.6 Å². The number of nitro groups is 2. The van der Waals surface area contributed by atoms with Crippen LogP contribution in [-0.2, 0) is 36.9 Å². The number of nitrogens with one attached hydrogen (secondary N) is 4. The van der Waals surface area contributed by atoms with Crippen molar-refractivity contribution >= 4 is 82.4 Å². The smallest absolute Gasteiger partial charge is 0.297 e. The standard InChI is InChI=1S/C65H76N10O14S2/c1-6-8-9-10-11-12-13-14-15-16-17-18-19-20-21-22-37-67-63(78)44-29-36-57(58(39-44)75(82)83)73-64(79)52(62(89-73)65(3,4)5)43-88-48-33-30-46(31-34-48)71-90(84,85)49-25-23-26-50(40-49)91(86,87)72-54-28-24-27-51-60(54)55(41-56(61(51)77)68-59(76)7-2)70-69-53-35-32-47(74(80)81)38-45(53)42-66/h23-36,38-41,71-72,77H,6-22,37,43H2,1-5H3,(H,67,78)(H,68,76). The summed E-state index contributed by atoms with van der Waals surface area (Å²) in [4.78, 5) is 61.2. The second kappa shape index (κ2) is 31.8. The number of ether oxygens (including phenoxy) is 1. The molecule has 91 heavy (non-hydrogen) atoms. The van der Waals surface area contributed by atoms with Gasteiger partial charge in [0.05, 0.1) is 47.8 Å². The first-order valence-electron chi connectivity index (χ1n) is 30.4. The number of nitro benzene ring substituents is 2. The number of fused-ring (bicyclic) bond motifs is 1. The second-order valence-electron chi connectivity index (χ2n) is 23.0. The highest BCUT2D eigenvalue weighted by molar-refractivity contribution is 7.93. The maximum atomic E-state index is 14.2. The van der Waals surface area contributed by atoms with E-state index in [1.54, 1.807) is 27.7 Å². The molecule has 0 spiro atoms. The van der Waals surface area contributed by atoms with Crippen LogP contribution < -0.4 is 30.4 Å². The van der Waals surface area contributed by atoms with Crippen molar-refractivity contribution in [1.82, 2.24) is 10.1 Å². The van der Waals surface area contributed by atoms with Crippen LogP contribution >= 0.6 is 0 Å². The van der Waals surface area contributed by atoms with E-state index in [2.05, 4.69) is 37.2 Å². The number of hydrogen-bond donors (Lipinski definition) is 5. The van der Waals surface area contributed by atoms with Crippen LogP contribution in [0.25, 0.3) is 16.5 Å². The summed E-state index contributed by atoms with van der Waals surface area (Å²) in [6, 6.07) is 24.2. The van der Waals surface area contributed by atoms with Crippen LogP contribution in [0.1, 0.15) is 171 Å². The molecule has 482 valence electrons. The number of sulfonamides is 2. The Morgan fingerprint density at radius 2 is 1.30 bits per heavy atom.